The fourth-order valence-electron chi connectivity index (χ4n) is 2.27. The molecule has 2 aliphatic carbocycles. The SMILES string of the molecule is CS(=O)(=O)C1(F)C2C=CC(C2)C1(F)F. The Hall–Kier alpha value is -0.520. The summed E-state index contributed by atoms with van der Waals surface area (Å²) in [5, 5.41) is -3.40. The molecule has 0 amide bonds. The van der Waals surface area contributed by atoms with E-state index in [1.165, 1.54) is 12.2 Å². The van der Waals surface area contributed by atoms with Gasteiger partial charge in [0.05, 0.1) is 0 Å². The summed E-state index contributed by atoms with van der Waals surface area (Å²) in [5.74, 6) is -6.26. The number of rotatable bonds is 1. The summed E-state index contributed by atoms with van der Waals surface area (Å²) in [5.41, 5.74) is 0. The minimum atomic E-state index is -4.41. The van der Waals surface area contributed by atoms with Crippen LogP contribution in [0.15, 0.2) is 12.2 Å². The van der Waals surface area contributed by atoms with Crippen molar-refractivity contribution in [3.63, 3.8) is 0 Å². The van der Waals surface area contributed by atoms with Crippen LogP contribution in [0.5, 0.6) is 0 Å². The summed E-state index contributed by atoms with van der Waals surface area (Å²) in [6, 6.07) is 0. The third-order valence-electron chi connectivity index (χ3n) is 3.02. The van der Waals surface area contributed by atoms with Gasteiger partial charge in [-0.05, 0) is 6.42 Å². The van der Waals surface area contributed by atoms with Gasteiger partial charge in [0.2, 0.25) is 0 Å². The van der Waals surface area contributed by atoms with Gasteiger partial charge in [-0.2, -0.15) is 0 Å². The first-order valence-electron chi connectivity index (χ1n) is 4.16. The smallest absolute Gasteiger partial charge is 0.226 e. The molecule has 0 saturated heterocycles. The first kappa shape index (κ1) is 10.0. The van der Waals surface area contributed by atoms with Gasteiger partial charge in [0.25, 0.3) is 5.00 Å². The van der Waals surface area contributed by atoms with Crippen LogP contribution in [0.1, 0.15) is 6.42 Å². The van der Waals surface area contributed by atoms with Gasteiger partial charge in [-0.3, -0.25) is 0 Å². The van der Waals surface area contributed by atoms with Crippen LogP contribution in [-0.2, 0) is 9.84 Å². The summed E-state index contributed by atoms with van der Waals surface area (Å²) in [6.45, 7) is 0. The van der Waals surface area contributed by atoms with E-state index in [9.17, 15) is 21.6 Å². The number of sulfone groups is 1. The van der Waals surface area contributed by atoms with Crippen molar-refractivity contribution in [2.45, 2.75) is 17.3 Å². The van der Waals surface area contributed by atoms with Crippen molar-refractivity contribution < 1.29 is 21.6 Å². The van der Waals surface area contributed by atoms with Gasteiger partial charge in [-0.25, -0.2) is 21.6 Å². The van der Waals surface area contributed by atoms with E-state index in [4.69, 9.17) is 0 Å². The van der Waals surface area contributed by atoms with Crippen molar-refractivity contribution in [1.82, 2.24) is 0 Å². The maximum Gasteiger partial charge on any atom is 0.302 e. The lowest BCUT2D eigenvalue weighted by molar-refractivity contribution is -0.103. The molecule has 0 aromatic heterocycles. The van der Waals surface area contributed by atoms with Gasteiger partial charge >= 0.3 is 5.92 Å². The molecule has 0 aromatic carbocycles. The lowest BCUT2D eigenvalue weighted by Gasteiger charge is -2.32. The number of alkyl halides is 3. The number of fused-ring (bicyclic) bond motifs is 2. The molecule has 0 heterocycles. The minimum absolute atomic E-state index is 0.115. The zero-order valence-electron chi connectivity index (χ0n) is 7.38. The third kappa shape index (κ3) is 0.852. The van der Waals surface area contributed by atoms with Crippen LogP contribution in [0.3, 0.4) is 0 Å². The lowest BCUT2D eigenvalue weighted by atomic mass is 10.0. The quantitative estimate of drug-likeness (QED) is 0.635. The zero-order chi connectivity index (χ0) is 10.8. The molecular weight excluding hydrogens is 217 g/mol. The average Bonchev–Trinajstić information content (AvgIpc) is 2.52. The molecule has 0 N–H and O–H groups in total. The molecule has 1 fully saturated rings. The standard InChI is InChI=1S/C8H9F3O2S/c1-14(12,13)8(11)6-3-2-5(4-6)7(8,9)10/h2-3,5-6H,4H2,1H3. The first-order valence-corrected chi connectivity index (χ1v) is 6.05. The number of hydrogen-bond donors (Lipinski definition) is 0. The summed E-state index contributed by atoms with van der Waals surface area (Å²) in [6.07, 6.45) is 2.85. The molecule has 3 atom stereocenters. The van der Waals surface area contributed by atoms with E-state index >= 15 is 0 Å². The molecular formula is C8H9F3O2S. The van der Waals surface area contributed by atoms with Crippen molar-refractivity contribution >= 4 is 9.84 Å². The van der Waals surface area contributed by atoms with Crippen molar-refractivity contribution in [2.75, 3.05) is 6.26 Å². The predicted octanol–water partition coefficient (Wildman–Crippen LogP) is 1.54. The Labute approximate surface area is 79.7 Å². The summed E-state index contributed by atoms with van der Waals surface area (Å²) in [7, 11) is -4.41. The van der Waals surface area contributed by atoms with Crippen LogP contribution in [0.25, 0.3) is 0 Å². The maximum absolute atomic E-state index is 13.9. The molecule has 0 radical (unpaired) electrons. The highest BCUT2D eigenvalue weighted by molar-refractivity contribution is 7.92. The number of halogens is 3. The molecule has 80 valence electrons. The van der Waals surface area contributed by atoms with Crippen molar-refractivity contribution in [1.29, 1.82) is 0 Å². The second-order valence-corrected chi connectivity index (χ2v) is 6.01. The average molecular weight is 226 g/mol. The minimum Gasteiger partial charge on any atom is -0.226 e. The van der Waals surface area contributed by atoms with Crippen LogP contribution in [0.4, 0.5) is 13.2 Å². The third-order valence-corrected chi connectivity index (χ3v) is 4.67. The van der Waals surface area contributed by atoms with Crippen LogP contribution in [-0.4, -0.2) is 25.6 Å². The van der Waals surface area contributed by atoms with Gasteiger partial charge in [-0.15, -0.1) is 0 Å². The molecule has 0 spiro atoms. The van der Waals surface area contributed by atoms with Crippen molar-refractivity contribution in [3.05, 3.63) is 12.2 Å². The Morgan fingerprint density at radius 3 is 2.00 bits per heavy atom. The normalized spacial score (nSPS) is 44.6. The van der Waals surface area contributed by atoms with Gasteiger partial charge in [0.15, 0.2) is 9.84 Å². The highest BCUT2D eigenvalue weighted by atomic mass is 32.2. The second-order valence-electron chi connectivity index (χ2n) is 3.87. The summed E-state index contributed by atoms with van der Waals surface area (Å²) >= 11 is 0. The number of allylic oxidation sites excluding steroid dienone is 2. The van der Waals surface area contributed by atoms with Gasteiger partial charge < -0.3 is 0 Å². The van der Waals surface area contributed by atoms with Crippen LogP contribution in [0, 0.1) is 11.8 Å². The second kappa shape index (κ2) is 2.35. The fourth-order valence-corrected chi connectivity index (χ4v) is 3.64. The Morgan fingerprint density at radius 1 is 1.21 bits per heavy atom. The fraction of sp³-hybridized carbons (Fsp3) is 0.750. The molecule has 6 heteroatoms. The maximum atomic E-state index is 13.9. The van der Waals surface area contributed by atoms with Crippen molar-refractivity contribution in [2.24, 2.45) is 11.8 Å². The van der Waals surface area contributed by atoms with E-state index in [2.05, 4.69) is 0 Å². The Kier molecular flexibility index (Phi) is 1.68. The van der Waals surface area contributed by atoms with E-state index in [-0.39, 0.29) is 6.42 Å². The monoisotopic (exact) mass is 226 g/mol. The first-order chi connectivity index (χ1) is 6.21. The molecule has 2 aliphatic rings. The van der Waals surface area contributed by atoms with E-state index in [0.29, 0.717) is 6.26 Å². The van der Waals surface area contributed by atoms with Gasteiger partial charge in [0.1, 0.15) is 0 Å². The zero-order valence-corrected chi connectivity index (χ0v) is 8.19. The van der Waals surface area contributed by atoms with E-state index in [0.717, 1.165) is 0 Å². The van der Waals surface area contributed by atoms with E-state index < -0.39 is 32.6 Å². The van der Waals surface area contributed by atoms with Crippen molar-refractivity contribution in [3.8, 4) is 0 Å². The molecule has 2 nitrogen and oxygen atoms in total. The predicted molar refractivity (Wildman–Crippen MR) is 44.4 cm³/mol. The lowest BCUT2D eigenvalue weighted by Crippen LogP contribution is -2.52. The van der Waals surface area contributed by atoms with Gasteiger partial charge in [0, 0.05) is 18.1 Å². The number of hydrogen-bond acceptors (Lipinski definition) is 2. The van der Waals surface area contributed by atoms with Crippen LogP contribution < -0.4 is 0 Å². The summed E-state index contributed by atoms with van der Waals surface area (Å²) in [4.78, 5) is 0. The molecule has 2 bridgehead atoms. The summed E-state index contributed by atoms with van der Waals surface area (Å²) < 4.78 is 62.8. The molecule has 0 aromatic rings. The topological polar surface area (TPSA) is 34.1 Å². The van der Waals surface area contributed by atoms with Crippen LogP contribution >= 0.6 is 0 Å². The Morgan fingerprint density at radius 2 is 1.71 bits per heavy atom. The molecule has 2 rings (SSSR count). The Balaban J connectivity index is 2.62. The largest absolute Gasteiger partial charge is 0.302 e. The highest BCUT2D eigenvalue weighted by Gasteiger charge is 2.75. The van der Waals surface area contributed by atoms with E-state index in [1.807, 2.05) is 0 Å². The molecule has 3 unspecified atom stereocenters. The molecule has 0 aliphatic heterocycles. The van der Waals surface area contributed by atoms with Gasteiger partial charge in [-0.1, -0.05) is 12.2 Å². The van der Waals surface area contributed by atoms with Crippen LogP contribution in [0.2, 0.25) is 0 Å². The molecule has 1 saturated carbocycles. The molecule has 14 heavy (non-hydrogen) atoms. The highest BCUT2D eigenvalue weighted by Crippen LogP contribution is 2.60. The Bertz CT molecular complexity index is 401. The van der Waals surface area contributed by atoms with E-state index in [1.54, 1.807) is 0 Å².